The van der Waals surface area contributed by atoms with E-state index in [0.717, 1.165) is 5.39 Å². The number of hydrogen-bond donors (Lipinski definition) is 2. The number of rotatable bonds is 2. The fourth-order valence-corrected chi connectivity index (χ4v) is 1.68. The van der Waals surface area contributed by atoms with Crippen molar-refractivity contribution in [3.05, 3.63) is 36.4 Å². The van der Waals surface area contributed by atoms with Crippen molar-refractivity contribution >= 4 is 34.0 Å². The third-order valence-corrected chi connectivity index (χ3v) is 2.52. The highest BCUT2D eigenvalue weighted by molar-refractivity contribution is 6.29. The molecule has 0 aliphatic rings. The summed E-state index contributed by atoms with van der Waals surface area (Å²) in [6.07, 6.45) is 0. The molecule has 2 rings (SSSR count). The van der Waals surface area contributed by atoms with E-state index in [-0.39, 0.29) is 17.5 Å². The molecule has 0 aliphatic carbocycles. The fourth-order valence-electron chi connectivity index (χ4n) is 1.61. The van der Waals surface area contributed by atoms with Gasteiger partial charge in [-0.1, -0.05) is 24.3 Å². The van der Waals surface area contributed by atoms with Crippen LogP contribution in [0.15, 0.2) is 36.4 Å². The van der Waals surface area contributed by atoms with E-state index in [1.54, 1.807) is 18.2 Å². The molecule has 2 aromatic rings. The van der Waals surface area contributed by atoms with Gasteiger partial charge in [-0.05, 0) is 17.5 Å². The van der Waals surface area contributed by atoms with Gasteiger partial charge in [0.1, 0.15) is 11.6 Å². The van der Waals surface area contributed by atoms with Crippen molar-refractivity contribution in [2.45, 2.75) is 0 Å². The molecule has 0 aliphatic heterocycles. The largest absolute Gasteiger partial charge is 0.507 e. The monoisotopic (exact) mass is 235 g/mol. The SMILES string of the molecule is O=C(CCl)Nc1cccc2cccc(O)c12. The first-order chi connectivity index (χ1) is 7.72. The normalized spacial score (nSPS) is 10.3. The molecule has 0 spiro atoms. The molecule has 0 fully saturated rings. The Hall–Kier alpha value is -1.74. The van der Waals surface area contributed by atoms with Crippen molar-refractivity contribution in [3.63, 3.8) is 0 Å². The van der Waals surface area contributed by atoms with Crippen LogP contribution >= 0.6 is 11.6 Å². The lowest BCUT2D eigenvalue weighted by Crippen LogP contribution is -2.12. The molecule has 2 N–H and O–H groups in total. The average molecular weight is 236 g/mol. The Morgan fingerprint density at radius 2 is 1.94 bits per heavy atom. The highest BCUT2D eigenvalue weighted by Crippen LogP contribution is 2.31. The Bertz CT molecular complexity index is 534. The third kappa shape index (κ3) is 1.95. The summed E-state index contributed by atoms with van der Waals surface area (Å²) in [5, 5.41) is 13.9. The lowest BCUT2D eigenvalue weighted by atomic mass is 10.1. The number of carbonyl (C=O) groups excluding carboxylic acids is 1. The lowest BCUT2D eigenvalue weighted by Gasteiger charge is -2.08. The van der Waals surface area contributed by atoms with Crippen LogP contribution in [-0.2, 0) is 4.79 Å². The molecule has 0 radical (unpaired) electrons. The van der Waals surface area contributed by atoms with Gasteiger partial charge in [-0.3, -0.25) is 4.79 Å². The van der Waals surface area contributed by atoms with Crippen molar-refractivity contribution in [1.29, 1.82) is 0 Å². The zero-order valence-electron chi connectivity index (χ0n) is 8.40. The molecule has 0 heterocycles. The minimum atomic E-state index is -0.294. The molecule has 3 nitrogen and oxygen atoms in total. The van der Waals surface area contributed by atoms with E-state index in [1.165, 1.54) is 0 Å². The van der Waals surface area contributed by atoms with Gasteiger partial charge in [0.25, 0.3) is 0 Å². The third-order valence-electron chi connectivity index (χ3n) is 2.28. The highest BCUT2D eigenvalue weighted by Gasteiger charge is 2.07. The molecule has 0 bridgehead atoms. The number of alkyl halides is 1. The Kier molecular flexibility index (Phi) is 2.97. The van der Waals surface area contributed by atoms with E-state index in [9.17, 15) is 9.90 Å². The topological polar surface area (TPSA) is 49.3 Å². The molecular weight excluding hydrogens is 226 g/mol. The number of aromatic hydroxyl groups is 1. The second kappa shape index (κ2) is 4.41. The average Bonchev–Trinajstić information content (AvgIpc) is 2.29. The molecule has 16 heavy (non-hydrogen) atoms. The van der Waals surface area contributed by atoms with Crippen molar-refractivity contribution in [2.24, 2.45) is 0 Å². The van der Waals surface area contributed by atoms with Crippen molar-refractivity contribution in [1.82, 2.24) is 0 Å². The van der Waals surface area contributed by atoms with Crippen LogP contribution in [0.1, 0.15) is 0 Å². The summed E-state index contributed by atoms with van der Waals surface area (Å²) >= 11 is 5.42. The van der Waals surface area contributed by atoms with Gasteiger partial charge in [0, 0.05) is 5.39 Å². The Balaban J connectivity index is 2.56. The molecule has 0 atom stereocenters. The molecule has 0 unspecified atom stereocenters. The maximum Gasteiger partial charge on any atom is 0.239 e. The number of halogens is 1. The highest BCUT2D eigenvalue weighted by atomic mass is 35.5. The van der Waals surface area contributed by atoms with Crippen LogP contribution in [0.5, 0.6) is 5.75 Å². The molecule has 0 saturated heterocycles. The molecule has 0 aromatic heterocycles. The van der Waals surface area contributed by atoms with Gasteiger partial charge in [0.15, 0.2) is 0 Å². The van der Waals surface area contributed by atoms with Crippen molar-refractivity contribution in [2.75, 3.05) is 11.2 Å². The summed E-state index contributed by atoms with van der Waals surface area (Å²) in [5.41, 5.74) is 0.571. The van der Waals surface area contributed by atoms with Gasteiger partial charge in [-0.15, -0.1) is 11.6 Å². The van der Waals surface area contributed by atoms with Crippen LogP contribution in [0.3, 0.4) is 0 Å². The fraction of sp³-hybridized carbons (Fsp3) is 0.0833. The van der Waals surface area contributed by atoms with Gasteiger partial charge >= 0.3 is 0 Å². The summed E-state index contributed by atoms with van der Waals surface area (Å²) in [4.78, 5) is 11.2. The summed E-state index contributed by atoms with van der Waals surface area (Å²) in [7, 11) is 0. The predicted octanol–water partition coefficient (Wildman–Crippen LogP) is 2.72. The maximum absolute atomic E-state index is 11.2. The van der Waals surface area contributed by atoms with Crippen LogP contribution in [0.4, 0.5) is 5.69 Å². The van der Waals surface area contributed by atoms with E-state index < -0.39 is 0 Å². The minimum absolute atomic E-state index is 0.107. The van der Waals surface area contributed by atoms with Gasteiger partial charge in [-0.2, -0.15) is 0 Å². The Labute approximate surface area is 97.7 Å². The van der Waals surface area contributed by atoms with Crippen LogP contribution < -0.4 is 5.32 Å². The molecule has 2 aromatic carbocycles. The van der Waals surface area contributed by atoms with Crippen LogP contribution in [0, 0.1) is 0 Å². The van der Waals surface area contributed by atoms with E-state index in [2.05, 4.69) is 5.32 Å². The van der Waals surface area contributed by atoms with Crippen molar-refractivity contribution < 1.29 is 9.90 Å². The second-order valence-corrected chi connectivity index (χ2v) is 3.63. The second-order valence-electron chi connectivity index (χ2n) is 3.36. The molecule has 1 amide bonds. The van der Waals surface area contributed by atoms with E-state index in [1.807, 2.05) is 18.2 Å². The van der Waals surface area contributed by atoms with Crippen LogP contribution in [0.2, 0.25) is 0 Å². The minimum Gasteiger partial charge on any atom is -0.507 e. The van der Waals surface area contributed by atoms with E-state index in [0.29, 0.717) is 11.1 Å². The van der Waals surface area contributed by atoms with Gasteiger partial charge in [-0.25, -0.2) is 0 Å². The summed E-state index contributed by atoms with van der Waals surface area (Å²) < 4.78 is 0. The zero-order valence-corrected chi connectivity index (χ0v) is 9.16. The first-order valence-corrected chi connectivity index (χ1v) is 5.32. The number of anilines is 1. The molecule has 0 saturated carbocycles. The number of hydrogen-bond acceptors (Lipinski definition) is 2. The number of nitrogens with one attached hydrogen (secondary N) is 1. The molecular formula is C12H10ClNO2. The lowest BCUT2D eigenvalue weighted by molar-refractivity contribution is -0.113. The number of phenols is 1. The Morgan fingerprint density at radius 3 is 2.62 bits per heavy atom. The van der Waals surface area contributed by atoms with E-state index >= 15 is 0 Å². The number of fused-ring (bicyclic) bond motifs is 1. The molecule has 4 heteroatoms. The van der Waals surface area contributed by atoms with Crippen LogP contribution in [0.25, 0.3) is 10.8 Å². The van der Waals surface area contributed by atoms with Crippen LogP contribution in [-0.4, -0.2) is 16.9 Å². The quantitative estimate of drug-likeness (QED) is 0.787. The Morgan fingerprint density at radius 1 is 1.25 bits per heavy atom. The predicted molar refractivity (Wildman–Crippen MR) is 65.0 cm³/mol. The van der Waals surface area contributed by atoms with E-state index in [4.69, 9.17) is 11.6 Å². The number of carbonyl (C=O) groups is 1. The van der Waals surface area contributed by atoms with Gasteiger partial charge in [0.05, 0.1) is 5.69 Å². The van der Waals surface area contributed by atoms with Crippen molar-refractivity contribution in [3.8, 4) is 5.75 Å². The van der Waals surface area contributed by atoms with Gasteiger partial charge < -0.3 is 10.4 Å². The first kappa shape index (κ1) is 10.8. The number of benzene rings is 2. The molecule has 82 valence electrons. The smallest absolute Gasteiger partial charge is 0.239 e. The van der Waals surface area contributed by atoms with Gasteiger partial charge in [0.2, 0.25) is 5.91 Å². The maximum atomic E-state index is 11.2. The standard InChI is InChI=1S/C12H10ClNO2/c13-7-11(16)14-9-5-1-3-8-4-2-6-10(15)12(8)9/h1-6,15H,7H2,(H,14,16). The first-order valence-electron chi connectivity index (χ1n) is 4.79. The number of phenolic OH excluding ortho intramolecular Hbond substituents is 1. The summed E-state index contributed by atoms with van der Waals surface area (Å²) in [6.45, 7) is 0. The zero-order chi connectivity index (χ0) is 11.5. The summed E-state index contributed by atoms with van der Waals surface area (Å²) in [6, 6.07) is 10.6. The summed E-state index contributed by atoms with van der Waals surface area (Å²) in [5.74, 6) is -0.260. The number of amides is 1.